The minimum Gasteiger partial charge on any atom is -0.344 e. The fourth-order valence-corrected chi connectivity index (χ4v) is 5.36. The van der Waals surface area contributed by atoms with Crippen molar-refractivity contribution in [2.24, 2.45) is 5.92 Å². The monoisotopic (exact) mass is 477 g/mol. The minimum atomic E-state index is -3.68. The summed E-state index contributed by atoms with van der Waals surface area (Å²) in [4.78, 5) is 27.4. The molecule has 1 saturated heterocycles. The van der Waals surface area contributed by atoms with Crippen molar-refractivity contribution in [2.75, 3.05) is 26.2 Å². The van der Waals surface area contributed by atoms with Gasteiger partial charge in [0.05, 0.1) is 11.3 Å². The molecule has 2 aromatic carbocycles. The minimum absolute atomic E-state index is 0.101. The van der Waals surface area contributed by atoms with Crippen LogP contribution < -0.4 is 5.32 Å². The number of sulfonamides is 1. The number of carbonyl (C=O) groups is 2. The molecule has 1 atom stereocenters. The Balaban J connectivity index is 1.61. The predicted molar refractivity (Wildman–Crippen MR) is 124 cm³/mol. The molecule has 3 rings (SSSR count). The fourth-order valence-electron chi connectivity index (χ4n) is 3.64. The third-order valence-corrected chi connectivity index (χ3v) is 7.57. The van der Waals surface area contributed by atoms with Crippen LogP contribution in [0.3, 0.4) is 0 Å². The van der Waals surface area contributed by atoms with Crippen LogP contribution in [0.5, 0.6) is 0 Å². The van der Waals surface area contributed by atoms with Gasteiger partial charge in [0.2, 0.25) is 21.8 Å². The van der Waals surface area contributed by atoms with Crippen molar-refractivity contribution in [1.29, 1.82) is 0 Å². The van der Waals surface area contributed by atoms with Crippen molar-refractivity contribution in [3.63, 3.8) is 0 Å². The molecule has 172 valence electrons. The van der Waals surface area contributed by atoms with Crippen LogP contribution >= 0.6 is 11.6 Å². The average molecular weight is 478 g/mol. The normalized spacial score (nSPS) is 16.1. The molecule has 32 heavy (non-hydrogen) atoms. The third kappa shape index (κ3) is 5.88. The lowest BCUT2D eigenvalue weighted by Crippen LogP contribution is -2.57. The first kappa shape index (κ1) is 24.2. The molecule has 2 amide bonds. The summed E-state index contributed by atoms with van der Waals surface area (Å²) in [6.45, 7) is 4.65. The van der Waals surface area contributed by atoms with Gasteiger partial charge in [-0.25, -0.2) is 8.42 Å². The van der Waals surface area contributed by atoms with Gasteiger partial charge in [0, 0.05) is 31.2 Å². The van der Waals surface area contributed by atoms with Crippen molar-refractivity contribution >= 4 is 33.4 Å². The molecule has 2 aromatic rings. The number of benzene rings is 2. The van der Waals surface area contributed by atoms with E-state index in [0.29, 0.717) is 5.02 Å². The van der Waals surface area contributed by atoms with Crippen LogP contribution in [-0.4, -0.2) is 61.7 Å². The van der Waals surface area contributed by atoms with E-state index in [1.54, 1.807) is 17.0 Å². The van der Waals surface area contributed by atoms with E-state index in [-0.39, 0.29) is 55.2 Å². The Morgan fingerprint density at radius 2 is 1.66 bits per heavy atom. The Hall–Kier alpha value is -2.42. The number of nitrogens with one attached hydrogen (secondary N) is 1. The van der Waals surface area contributed by atoms with Crippen molar-refractivity contribution in [2.45, 2.75) is 31.2 Å². The van der Waals surface area contributed by atoms with Gasteiger partial charge in [-0.1, -0.05) is 61.8 Å². The maximum atomic E-state index is 13.1. The molecule has 7 nitrogen and oxygen atoms in total. The SMILES string of the molecule is CC(C)[C@H](NC(=O)Cc1ccccc1)C(=O)N1CCN(S(=O)(=O)c2cccc(Cl)c2)CC1. The highest BCUT2D eigenvalue weighted by molar-refractivity contribution is 7.89. The Kier molecular flexibility index (Phi) is 7.92. The van der Waals surface area contributed by atoms with E-state index >= 15 is 0 Å². The Morgan fingerprint density at radius 3 is 2.25 bits per heavy atom. The summed E-state index contributed by atoms with van der Waals surface area (Å²) >= 11 is 5.94. The molecule has 0 spiro atoms. The second-order valence-electron chi connectivity index (χ2n) is 8.14. The smallest absolute Gasteiger partial charge is 0.245 e. The van der Waals surface area contributed by atoms with Crippen molar-refractivity contribution in [1.82, 2.24) is 14.5 Å². The molecule has 1 fully saturated rings. The number of nitrogens with zero attached hydrogens (tertiary/aromatic N) is 2. The summed E-state index contributed by atoms with van der Waals surface area (Å²) in [5.41, 5.74) is 0.875. The van der Waals surface area contributed by atoms with Crippen LogP contribution in [0, 0.1) is 5.92 Å². The fraction of sp³-hybridized carbons (Fsp3) is 0.391. The van der Waals surface area contributed by atoms with E-state index < -0.39 is 16.1 Å². The maximum absolute atomic E-state index is 13.1. The lowest BCUT2D eigenvalue weighted by atomic mass is 10.0. The Bertz CT molecular complexity index is 1050. The number of halogens is 1. The van der Waals surface area contributed by atoms with E-state index in [4.69, 9.17) is 11.6 Å². The molecule has 0 bridgehead atoms. The largest absolute Gasteiger partial charge is 0.344 e. The average Bonchev–Trinajstić information content (AvgIpc) is 2.77. The van der Waals surface area contributed by atoms with Crippen LogP contribution in [-0.2, 0) is 26.0 Å². The first-order valence-electron chi connectivity index (χ1n) is 10.6. The van der Waals surface area contributed by atoms with E-state index in [1.807, 2.05) is 44.2 Å². The third-order valence-electron chi connectivity index (χ3n) is 5.44. The molecular formula is C23H28ClN3O4S. The maximum Gasteiger partial charge on any atom is 0.245 e. The molecule has 0 saturated carbocycles. The molecule has 0 aromatic heterocycles. The van der Waals surface area contributed by atoms with E-state index in [2.05, 4.69) is 5.32 Å². The predicted octanol–water partition coefficient (Wildman–Crippen LogP) is 2.56. The molecule has 0 unspecified atom stereocenters. The van der Waals surface area contributed by atoms with E-state index in [0.717, 1.165) is 5.56 Å². The quantitative estimate of drug-likeness (QED) is 0.664. The van der Waals surface area contributed by atoms with Crippen LogP contribution in [0.25, 0.3) is 0 Å². The summed E-state index contributed by atoms with van der Waals surface area (Å²) in [7, 11) is -3.68. The summed E-state index contributed by atoms with van der Waals surface area (Å²) in [6.07, 6.45) is 0.197. The van der Waals surface area contributed by atoms with Gasteiger partial charge < -0.3 is 10.2 Å². The number of amides is 2. The molecule has 1 aliphatic rings. The number of piperazine rings is 1. The summed E-state index contributed by atoms with van der Waals surface area (Å²) in [6, 6.07) is 14.8. The Labute approximate surface area is 194 Å². The zero-order valence-corrected chi connectivity index (χ0v) is 19.8. The van der Waals surface area contributed by atoms with Gasteiger partial charge in [-0.15, -0.1) is 0 Å². The van der Waals surface area contributed by atoms with Crippen molar-refractivity contribution in [3.8, 4) is 0 Å². The van der Waals surface area contributed by atoms with Gasteiger partial charge in [0.15, 0.2) is 0 Å². The van der Waals surface area contributed by atoms with Crippen LogP contribution in [0.15, 0.2) is 59.5 Å². The van der Waals surface area contributed by atoms with Gasteiger partial charge in [-0.2, -0.15) is 4.31 Å². The highest BCUT2D eigenvalue weighted by Gasteiger charge is 2.34. The molecular weight excluding hydrogens is 450 g/mol. The van der Waals surface area contributed by atoms with Crippen molar-refractivity contribution < 1.29 is 18.0 Å². The lowest BCUT2D eigenvalue weighted by Gasteiger charge is -2.36. The van der Waals surface area contributed by atoms with Gasteiger partial charge in [0.1, 0.15) is 6.04 Å². The molecule has 9 heteroatoms. The topological polar surface area (TPSA) is 86.8 Å². The number of carbonyl (C=O) groups excluding carboxylic acids is 2. The van der Waals surface area contributed by atoms with Gasteiger partial charge in [0.25, 0.3) is 0 Å². The molecule has 1 aliphatic heterocycles. The summed E-state index contributed by atoms with van der Waals surface area (Å²) < 4.78 is 27.1. The van der Waals surface area contributed by atoms with Crippen molar-refractivity contribution in [3.05, 3.63) is 65.2 Å². The lowest BCUT2D eigenvalue weighted by molar-refractivity contribution is -0.138. The van der Waals surface area contributed by atoms with Gasteiger partial charge >= 0.3 is 0 Å². The highest BCUT2D eigenvalue weighted by atomic mass is 35.5. The number of hydrogen-bond donors (Lipinski definition) is 1. The first-order chi connectivity index (χ1) is 15.2. The van der Waals surface area contributed by atoms with Gasteiger partial charge in [-0.05, 0) is 29.7 Å². The van der Waals surface area contributed by atoms with E-state index in [9.17, 15) is 18.0 Å². The zero-order valence-electron chi connectivity index (χ0n) is 18.2. The van der Waals surface area contributed by atoms with Crippen LogP contribution in [0.4, 0.5) is 0 Å². The molecule has 1 N–H and O–H groups in total. The second-order valence-corrected chi connectivity index (χ2v) is 10.5. The van der Waals surface area contributed by atoms with E-state index in [1.165, 1.54) is 16.4 Å². The molecule has 0 aliphatic carbocycles. The Morgan fingerprint density at radius 1 is 1.00 bits per heavy atom. The standard InChI is InChI=1S/C23H28ClN3O4S/c1-17(2)22(25-21(28)15-18-7-4-3-5-8-18)23(29)26-11-13-27(14-12-26)32(30,31)20-10-6-9-19(24)16-20/h3-10,16-17,22H,11-15H2,1-2H3,(H,25,28)/t22-/m0/s1. The van der Waals surface area contributed by atoms with Crippen LogP contribution in [0.1, 0.15) is 19.4 Å². The number of rotatable bonds is 7. The molecule has 0 radical (unpaired) electrons. The summed E-state index contributed by atoms with van der Waals surface area (Å²) in [5, 5.41) is 3.21. The second kappa shape index (κ2) is 10.5. The van der Waals surface area contributed by atoms with Crippen LogP contribution in [0.2, 0.25) is 5.02 Å². The number of hydrogen-bond acceptors (Lipinski definition) is 4. The highest BCUT2D eigenvalue weighted by Crippen LogP contribution is 2.21. The molecule has 1 heterocycles. The van der Waals surface area contributed by atoms with Gasteiger partial charge in [-0.3, -0.25) is 9.59 Å². The zero-order chi connectivity index (χ0) is 23.3. The summed E-state index contributed by atoms with van der Waals surface area (Å²) in [5.74, 6) is -0.512. The first-order valence-corrected chi connectivity index (χ1v) is 12.4.